The molecule has 1 aromatic rings. The molecule has 2 atom stereocenters. The highest BCUT2D eigenvalue weighted by Crippen LogP contribution is 2.28. The number of carbonyl (C=O) groups excluding carboxylic acids is 1. The lowest BCUT2D eigenvalue weighted by molar-refractivity contribution is -0.384. The number of ether oxygens (including phenoxy) is 2. The van der Waals surface area contributed by atoms with Gasteiger partial charge in [-0.25, -0.2) is 4.79 Å². The van der Waals surface area contributed by atoms with Crippen LogP contribution in [0.4, 0.5) is 5.69 Å². The fraction of sp³-hybridized carbons (Fsp3) is 0.333. The molecule has 1 heterocycles. The first-order valence-electron chi connectivity index (χ1n) is 5.91. The molecule has 0 aromatic heterocycles. The van der Waals surface area contributed by atoms with E-state index in [2.05, 4.69) is 5.32 Å². The average Bonchev–Trinajstić information content (AvgIpc) is 2.81. The zero-order chi connectivity index (χ0) is 14.7. The van der Waals surface area contributed by atoms with E-state index in [0.717, 1.165) is 0 Å². The molecular formula is C12H12N2O5S. The van der Waals surface area contributed by atoms with E-state index in [-0.39, 0.29) is 17.5 Å². The number of nitrogens with zero attached hydrogens (tertiary/aromatic N) is 1. The van der Waals surface area contributed by atoms with E-state index < -0.39 is 23.0 Å². The molecule has 106 valence electrons. The molecule has 20 heavy (non-hydrogen) atoms. The molecule has 8 heteroatoms. The van der Waals surface area contributed by atoms with Crippen LogP contribution in [0.2, 0.25) is 0 Å². The maximum atomic E-state index is 11.8. The van der Waals surface area contributed by atoms with Crippen molar-refractivity contribution in [1.82, 2.24) is 5.32 Å². The van der Waals surface area contributed by atoms with E-state index in [4.69, 9.17) is 21.7 Å². The van der Waals surface area contributed by atoms with E-state index in [1.54, 1.807) is 6.92 Å². The van der Waals surface area contributed by atoms with Crippen molar-refractivity contribution in [2.45, 2.75) is 19.1 Å². The molecule has 0 radical (unpaired) electrons. The van der Waals surface area contributed by atoms with Crippen molar-refractivity contribution in [3.05, 3.63) is 39.9 Å². The minimum atomic E-state index is -0.746. The minimum Gasteiger partial charge on any atom is -0.464 e. The average molecular weight is 296 g/mol. The van der Waals surface area contributed by atoms with Gasteiger partial charge in [0.2, 0.25) is 0 Å². The summed E-state index contributed by atoms with van der Waals surface area (Å²) in [5.74, 6) is -0.476. The molecule has 1 aliphatic heterocycles. The first kappa shape index (κ1) is 14.2. The third kappa shape index (κ3) is 2.85. The fourth-order valence-electron chi connectivity index (χ4n) is 1.88. The fourth-order valence-corrected chi connectivity index (χ4v) is 2.11. The summed E-state index contributed by atoms with van der Waals surface area (Å²) in [7, 11) is 0. The number of carbonyl (C=O) groups is 1. The first-order valence-corrected chi connectivity index (χ1v) is 6.32. The number of nitro benzene ring substituents is 1. The summed E-state index contributed by atoms with van der Waals surface area (Å²) >= 11 is 4.89. The zero-order valence-corrected chi connectivity index (χ0v) is 11.4. The van der Waals surface area contributed by atoms with Crippen molar-refractivity contribution >= 4 is 29.0 Å². The number of nitro groups is 1. The number of hydrogen-bond acceptors (Lipinski definition) is 6. The van der Waals surface area contributed by atoms with Crippen LogP contribution in [-0.4, -0.2) is 28.7 Å². The van der Waals surface area contributed by atoms with Gasteiger partial charge in [0.05, 0.1) is 11.5 Å². The smallest absolute Gasteiger partial charge is 0.332 e. The molecule has 0 spiro atoms. The number of non-ortho nitro benzene ring substituents is 1. The van der Waals surface area contributed by atoms with E-state index in [1.807, 2.05) is 0 Å². The highest BCUT2D eigenvalue weighted by atomic mass is 32.1. The molecule has 1 aliphatic rings. The van der Waals surface area contributed by atoms with Crippen LogP contribution in [0.3, 0.4) is 0 Å². The lowest BCUT2D eigenvalue weighted by Gasteiger charge is -2.15. The van der Waals surface area contributed by atoms with Gasteiger partial charge in [0.25, 0.3) is 10.9 Å². The van der Waals surface area contributed by atoms with Gasteiger partial charge in [0, 0.05) is 12.1 Å². The molecular weight excluding hydrogens is 284 g/mol. The molecule has 7 nitrogen and oxygen atoms in total. The highest BCUT2D eigenvalue weighted by Gasteiger charge is 2.39. The molecule has 2 unspecified atom stereocenters. The Labute approximate surface area is 120 Å². The third-order valence-corrected chi connectivity index (χ3v) is 3.00. The van der Waals surface area contributed by atoms with Crippen molar-refractivity contribution in [3.8, 4) is 0 Å². The molecule has 1 N–H and O–H groups in total. The van der Waals surface area contributed by atoms with Crippen LogP contribution in [0.25, 0.3) is 0 Å². The van der Waals surface area contributed by atoms with Gasteiger partial charge in [0.15, 0.2) is 12.1 Å². The van der Waals surface area contributed by atoms with Gasteiger partial charge in [-0.3, -0.25) is 10.1 Å². The van der Waals surface area contributed by atoms with Crippen LogP contribution >= 0.6 is 12.2 Å². The molecule has 0 saturated carbocycles. The van der Waals surface area contributed by atoms with Gasteiger partial charge in [-0.05, 0) is 36.8 Å². The van der Waals surface area contributed by atoms with Crippen molar-refractivity contribution in [2.24, 2.45) is 0 Å². The molecule has 1 fully saturated rings. The molecule has 1 aromatic carbocycles. The summed E-state index contributed by atoms with van der Waals surface area (Å²) in [5, 5.41) is 13.4. The number of hydrogen-bond donors (Lipinski definition) is 1. The van der Waals surface area contributed by atoms with Crippen LogP contribution in [0.1, 0.15) is 18.6 Å². The zero-order valence-electron chi connectivity index (χ0n) is 10.6. The third-order valence-electron chi connectivity index (χ3n) is 2.78. The minimum absolute atomic E-state index is 0.0324. The Morgan fingerprint density at radius 3 is 2.70 bits per heavy atom. The Morgan fingerprint density at radius 2 is 2.15 bits per heavy atom. The Morgan fingerprint density at radius 1 is 1.50 bits per heavy atom. The normalized spacial score (nSPS) is 20.9. The van der Waals surface area contributed by atoms with Crippen molar-refractivity contribution in [1.29, 1.82) is 0 Å². The van der Waals surface area contributed by atoms with Crippen LogP contribution in [0.5, 0.6) is 0 Å². The number of nitrogens with one attached hydrogen (secondary N) is 1. The summed E-state index contributed by atoms with van der Waals surface area (Å²) in [5.41, 5.74) is 0.580. The van der Waals surface area contributed by atoms with E-state index >= 15 is 0 Å². The summed E-state index contributed by atoms with van der Waals surface area (Å²) in [6.45, 7) is 1.95. The Bertz CT molecular complexity index is 545. The topological polar surface area (TPSA) is 90.7 Å². The van der Waals surface area contributed by atoms with Crippen LogP contribution < -0.4 is 5.32 Å². The Hall–Kier alpha value is -2.22. The van der Waals surface area contributed by atoms with E-state index in [0.29, 0.717) is 5.56 Å². The van der Waals surface area contributed by atoms with Crippen LogP contribution in [0.15, 0.2) is 24.3 Å². The van der Waals surface area contributed by atoms with Crippen LogP contribution in [-0.2, 0) is 14.3 Å². The Kier molecular flexibility index (Phi) is 4.14. The molecule has 1 saturated heterocycles. The SMILES string of the molecule is CCOC(=O)C1NC(=S)OC1c1ccc([N+](=O)[O-])cc1. The summed E-state index contributed by atoms with van der Waals surface area (Å²) in [4.78, 5) is 21.9. The lowest BCUT2D eigenvalue weighted by Crippen LogP contribution is -2.37. The van der Waals surface area contributed by atoms with Gasteiger partial charge < -0.3 is 14.8 Å². The van der Waals surface area contributed by atoms with Crippen molar-refractivity contribution in [3.63, 3.8) is 0 Å². The van der Waals surface area contributed by atoms with Gasteiger partial charge in [-0.2, -0.15) is 0 Å². The van der Waals surface area contributed by atoms with Gasteiger partial charge in [-0.1, -0.05) is 0 Å². The first-order chi connectivity index (χ1) is 9.52. The maximum absolute atomic E-state index is 11.8. The second-order valence-corrected chi connectivity index (χ2v) is 4.42. The van der Waals surface area contributed by atoms with Gasteiger partial charge in [0.1, 0.15) is 0 Å². The lowest BCUT2D eigenvalue weighted by atomic mass is 10.0. The predicted octanol–water partition coefficient (Wildman–Crippen LogP) is 1.47. The number of benzene rings is 1. The second-order valence-electron chi connectivity index (χ2n) is 4.05. The molecule has 2 rings (SSSR count). The van der Waals surface area contributed by atoms with Crippen LogP contribution in [0, 0.1) is 10.1 Å². The summed E-state index contributed by atoms with van der Waals surface area (Å²) < 4.78 is 10.3. The molecule has 0 amide bonds. The number of rotatable bonds is 4. The molecule has 0 bridgehead atoms. The standard InChI is InChI=1S/C12H12N2O5S/c1-2-18-11(15)9-10(19-12(20)13-9)7-3-5-8(6-4-7)14(16)17/h3-6,9-10H,2H2,1H3,(H,13,20). The maximum Gasteiger partial charge on any atom is 0.332 e. The quantitative estimate of drug-likeness (QED) is 0.389. The van der Waals surface area contributed by atoms with Crippen molar-refractivity contribution in [2.75, 3.05) is 6.61 Å². The molecule has 0 aliphatic carbocycles. The second kappa shape index (κ2) is 5.83. The number of esters is 1. The monoisotopic (exact) mass is 296 g/mol. The largest absolute Gasteiger partial charge is 0.464 e. The Balaban J connectivity index is 2.22. The summed E-state index contributed by atoms with van der Waals surface area (Å²) in [6, 6.07) is 5.02. The predicted molar refractivity (Wildman–Crippen MR) is 73.1 cm³/mol. The highest BCUT2D eigenvalue weighted by molar-refractivity contribution is 7.80. The van der Waals surface area contributed by atoms with E-state index in [9.17, 15) is 14.9 Å². The van der Waals surface area contributed by atoms with Gasteiger partial charge in [-0.15, -0.1) is 0 Å². The van der Waals surface area contributed by atoms with Crippen molar-refractivity contribution < 1.29 is 19.2 Å². The number of thiocarbonyl (C=S) groups is 1. The summed E-state index contributed by atoms with van der Waals surface area (Å²) in [6.07, 6.45) is -0.651. The van der Waals surface area contributed by atoms with E-state index in [1.165, 1.54) is 24.3 Å². The van der Waals surface area contributed by atoms with Gasteiger partial charge >= 0.3 is 5.97 Å².